The lowest BCUT2D eigenvalue weighted by Gasteiger charge is -2.30. The molecule has 5 nitrogen and oxygen atoms in total. The van der Waals surface area contributed by atoms with Crippen LogP contribution in [-0.4, -0.2) is 18.0 Å². The molecule has 0 spiro atoms. The summed E-state index contributed by atoms with van der Waals surface area (Å²) in [5.41, 5.74) is 5.25. The van der Waals surface area contributed by atoms with Gasteiger partial charge in [-0.05, 0) is 19.1 Å². The number of carbonyl (C=O) groups excluding carboxylic acids is 2. The number of nitrogens with two attached hydrogens (primary N) is 1. The first kappa shape index (κ1) is 10.4. The van der Waals surface area contributed by atoms with Gasteiger partial charge in [0.2, 0.25) is 0 Å². The number of halogens is 1. The van der Waals surface area contributed by atoms with Gasteiger partial charge in [-0.1, -0.05) is 0 Å². The van der Waals surface area contributed by atoms with E-state index >= 15 is 0 Å². The molecular formula is C10H9FN2O3. The normalized spacial score (nSPS) is 19.0. The van der Waals surface area contributed by atoms with Gasteiger partial charge >= 0.3 is 6.03 Å². The van der Waals surface area contributed by atoms with Gasteiger partial charge in [-0.15, -0.1) is 0 Å². The fourth-order valence-electron chi connectivity index (χ4n) is 1.54. The largest absolute Gasteiger partial charge is 0.479 e. The zero-order chi connectivity index (χ0) is 11.9. The number of nitrogens with zero attached hydrogens (tertiary/aromatic N) is 1. The van der Waals surface area contributed by atoms with Crippen molar-refractivity contribution in [2.45, 2.75) is 13.0 Å². The van der Waals surface area contributed by atoms with Crippen LogP contribution in [0.1, 0.15) is 6.92 Å². The smallest absolute Gasteiger partial charge is 0.326 e. The molecule has 2 N–H and O–H groups in total. The van der Waals surface area contributed by atoms with Gasteiger partial charge in [0, 0.05) is 6.07 Å². The summed E-state index contributed by atoms with van der Waals surface area (Å²) in [6.07, 6.45) is -0.859. The predicted octanol–water partition coefficient (Wildman–Crippen LogP) is 1.02. The van der Waals surface area contributed by atoms with Gasteiger partial charge in [0.15, 0.2) is 6.10 Å². The number of imide groups is 1. The Morgan fingerprint density at radius 2 is 2.25 bits per heavy atom. The highest BCUT2D eigenvalue weighted by Gasteiger charge is 2.34. The minimum Gasteiger partial charge on any atom is -0.479 e. The maximum absolute atomic E-state index is 12.9. The van der Waals surface area contributed by atoms with Crippen molar-refractivity contribution in [1.29, 1.82) is 0 Å². The molecule has 0 fully saturated rings. The van der Waals surface area contributed by atoms with E-state index in [4.69, 9.17) is 10.5 Å². The average molecular weight is 224 g/mol. The molecule has 6 heteroatoms. The summed E-state index contributed by atoms with van der Waals surface area (Å²) in [5.74, 6) is -0.942. The Kier molecular flexibility index (Phi) is 2.26. The second kappa shape index (κ2) is 3.48. The first-order chi connectivity index (χ1) is 7.50. The van der Waals surface area contributed by atoms with Crippen LogP contribution in [0.15, 0.2) is 18.2 Å². The molecule has 1 atom stereocenters. The fourth-order valence-corrected chi connectivity index (χ4v) is 1.54. The van der Waals surface area contributed by atoms with Crippen LogP contribution in [0.4, 0.5) is 14.9 Å². The Morgan fingerprint density at radius 1 is 1.56 bits per heavy atom. The molecule has 1 aliphatic heterocycles. The van der Waals surface area contributed by atoms with Crippen molar-refractivity contribution in [3.8, 4) is 5.75 Å². The monoisotopic (exact) mass is 224 g/mol. The van der Waals surface area contributed by atoms with Gasteiger partial charge < -0.3 is 10.5 Å². The van der Waals surface area contributed by atoms with E-state index in [-0.39, 0.29) is 11.4 Å². The highest BCUT2D eigenvalue weighted by Crippen LogP contribution is 2.34. The van der Waals surface area contributed by atoms with Gasteiger partial charge in [-0.25, -0.2) is 14.1 Å². The van der Waals surface area contributed by atoms with E-state index in [0.29, 0.717) is 0 Å². The van der Waals surface area contributed by atoms with Gasteiger partial charge in [0.05, 0.1) is 5.69 Å². The Labute approximate surface area is 90.6 Å². The SMILES string of the molecule is CC1Oc2cc(F)ccc2N(C(N)=O)C1=O. The molecule has 1 aromatic carbocycles. The third kappa shape index (κ3) is 1.48. The summed E-state index contributed by atoms with van der Waals surface area (Å²) in [4.78, 5) is 23.5. The second-order valence-electron chi connectivity index (χ2n) is 3.38. The van der Waals surface area contributed by atoms with E-state index in [1.807, 2.05) is 0 Å². The Bertz CT molecular complexity index is 475. The third-order valence-corrected chi connectivity index (χ3v) is 2.26. The van der Waals surface area contributed by atoms with Crippen molar-refractivity contribution in [2.24, 2.45) is 5.73 Å². The molecule has 0 bridgehead atoms. The van der Waals surface area contributed by atoms with Crippen LogP contribution in [0.5, 0.6) is 5.75 Å². The minimum absolute atomic E-state index is 0.130. The molecule has 3 amide bonds. The molecule has 84 valence electrons. The first-order valence-corrected chi connectivity index (χ1v) is 4.60. The quantitative estimate of drug-likeness (QED) is 0.715. The van der Waals surface area contributed by atoms with Gasteiger partial charge in [-0.2, -0.15) is 0 Å². The summed E-state index contributed by atoms with van der Waals surface area (Å²) in [6, 6.07) is 2.60. The molecule has 0 radical (unpaired) electrons. The van der Waals surface area contributed by atoms with Crippen LogP contribution in [0.25, 0.3) is 0 Å². The number of benzene rings is 1. The van der Waals surface area contributed by atoms with Crippen molar-refractivity contribution >= 4 is 17.6 Å². The highest BCUT2D eigenvalue weighted by molar-refractivity contribution is 6.17. The Hall–Kier alpha value is -2.11. The van der Waals surface area contributed by atoms with Crippen LogP contribution < -0.4 is 15.4 Å². The topological polar surface area (TPSA) is 72.6 Å². The lowest BCUT2D eigenvalue weighted by atomic mass is 10.2. The minimum atomic E-state index is -0.909. The van der Waals surface area contributed by atoms with Crippen LogP contribution in [0.3, 0.4) is 0 Å². The van der Waals surface area contributed by atoms with Crippen molar-refractivity contribution in [1.82, 2.24) is 0 Å². The van der Waals surface area contributed by atoms with Crippen molar-refractivity contribution in [3.63, 3.8) is 0 Å². The third-order valence-electron chi connectivity index (χ3n) is 2.26. The highest BCUT2D eigenvalue weighted by atomic mass is 19.1. The first-order valence-electron chi connectivity index (χ1n) is 4.60. The summed E-state index contributed by atoms with van der Waals surface area (Å²) in [7, 11) is 0. The number of ether oxygens (including phenoxy) is 1. The molecule has 0 saturated carbocycles. The number of anilines is 1. The molecule has 1 aliphatic rings. The molecule has 2 rings (SSSR count). The summed E-state index contributed by atoms with van der Waals surface area (Å²) < 4.78 is 18.1. The number of hydrogen-bond acceptors (Lipinski definition) is 3. The van der Waals surface area contributed by atoms with Crippen LogP contribution in [0, 0.1) is 5.82 Å². The fraction of sp³-hybridized carbons (Fsp3) is 0.200. The number of urea groups is 1. The number of amides is 3. The maximum Gasteiger partial charge on any atom is 0.326 e. The van der Waals surface area contributed by atoms with Gasteiger partial charge in [0.25, 0.3) is 5.91 Å². The number of fused-ring (bicyclic) bond motifs is 1. The summed E-state index contributed by atoms with van der Waals surface area (Å²) >= 11 is 0. The maximum atomic E-state index is 12.9. The number of carbonyl (C=O) groups is 2. The Morgan fingerprint density at radius 3 is 2.88 bits per heavy atom. The van der Waals surface area contributed by atoms with E-state index in [1.165, 1.54) is 13.0 Å². The van der Waals surface area contributed by atoms with E-state index in [9.17, 15) is 14.0 Å². The molecule has 1 aromatic rings. The standard InChI is InChI=1S/C10H9FN2O3/c1-5-9(14)13(10(12)15)7-3-2-6(11)4-8(7)16-5/h2-5H,1H3,(H2,12,15). The zero-order valence-electron chi connectivity index (χ0n) is 8.44. The second-order valence-corrected chi connectivity index (χ2v) is 3.38. The lowest BCUT2D eigenvalue weighted by Crippen LogP contribution is -2.49. The summed E-state index contributed by atoms with van der Waals surface area (Å²) in [5, 5.41) is 0. The van der Waals surface area contributed by atoms with Crippen molar-refractivity contribution < 1.29 is 18.7 Å². The molecule has 1 heterocycles. The number of rotatable bonds is 0. The van der Waals surface area contributed by atoms with Gasteiger partial charge in [0.1, 0.15) is 11.6 Å². The molecule has 16 heavy (non-hydrogen) atoms. The lowest BCUT2D eigenvalue weighted by molar-refractivity contribution is -0.124. The molecule has 0 aromatic heterocycles. The van der Waals surface area contributed by atoms with Crippen LogP contribution in [-0.2, 0) is 4.79 Å². The van der Waals surface area contributed by atoms with E-state index in [2.05, 4.69) is 0 Å². The molecule has 0 aliphatic carbocycles. The van der Waals surface area contributed by atoms with E-state index < -0.39 is 23.9 Å². The van der Waals surface area contributed by atoms with Crippen LogP contribution in [0.2, 0.25) is 0 Å². The van der Waals surface area contributed by atoms with Crippen molar-refractivity contribution in [2.75, 3.05) is 4.90 Å². The predicted molar refractivity (Wildman–Crippen MR) is 53.6 cm³/mol. The molecule has 1 unspecified atom stereocenters. The molecule has 0 saturated heterocycles. The van der Waals surface area contributed by atoms with Gasteiger partial charge in [-0.3, -0.25) is 4.79 Å². The number of primary amides is 1. The summed E-state index contributed by atoms with van der Waals surface area (Å²) in [6.45, 7) is 1.46. The average Bonchev–Trinajstić information content (AvgIpc) is 2.19. The van der Waals surface area contributed by atoms with Crippen molar-refractivity contribution in [3.05, 3.63) is 24.0 Å². The zero-order valence-corrected chi connectivity index (χ0v) is 8.44. The van der Waals surface area contributed by atoms with E-state index in [0.717, 1.165) is 17.0 Å². The number of hydrogen-bond donors (Lipinski definition) is 1. The molecular weight excluding hydrogens is 215 g/mol. The Balaban J connectivity index is 2.56. The van der Waals surface area contributed by atoms with E-state index in [1.54, 1.807) is 0 Å². The van der Waals surface area contributed by atoms with Crippen LogP contribution >= 0.6 is 0 Å².